The van der Waals surface area contributed by atoms with E-state index in [4.69, 9.17) is 9.26 Å². The van der Waals surface area contributed by atoms with E-state index < -0.39 is 0 Å². The van der Waals surface area contributed by atoms with Crippen molar-refractivity contribution in [2.75, 3.05) is 26.8 Å². The first-order valence-corrected chi connectivity index (χ1v) is 9.89. The molecule has 2 aromatic heterocycles. The molecule has 1 saturated heterocycles. The van der Waals surface area contributed by atoms with E-state index in [0.717, 1.165) is 6.42 Å². The number of hydrogen-bond donors (Lipinski definition) is 0. The van der Waals surface area contributed by atoms with E-state index in [0.29, 0.717) is 55.5 Å². The zero-order valence-electron chi connectivity index (χ0n) is 17.0. The van der Waals surface area contributed by atoms with Crippen LogP contribution < -0.4 is 0 Å². The molecule has 0 saturated carbocycles. The van der Waals surface area contributed by atoms with Crippen LogP contribution in [0.5, 0.6) is 0 Å². The van der Waals surface area contributed by atoms with Gasteiger partial charge in [0, 0.05) is 51.0 Å². The maximum Gasteiger partial charge on any atom is 0.274 e. The summed E-state index contributed by atoms with van der Waals surface area (Å²) >= 11 is 0. The quantitative estimate of drug-likeness (QED) is 0.618. The van der Waals surface area contributed by atoms with Crippen LogP contribution in [0, 0.1) is 5.82 Å². The summed E-state index contributed by atoms with van der Waals surface area (Å²) in [6.45, 7) is 1.69. The lowest BCUT2D eigenvalue weighted by atomic mass is 9.75. The number of carbonyl (C=O) groups is 1. The van der Waals surface area contributed by atoms with E-state index in [1.54, 1.807) is 43.2 Å². The van der Waals surface area contributed by atoms with Crippen LogP contribution in [0.2, 0.25) is 0 Å². The number of benzene rings is 1. The molecule has 4 rings (SSSR count). The lowest BCUT2D eigenvalue weighted by Crippen LogP contribution is -2.46. The van der Waals surface area contributed by atoms with Crippen LogP contribution in [0.3, 0.4) is 0 Å². The molecule has 0 unspecified atom stereocenters. The third-order valence-electron chi connectivity index (χ3n) is 5.72. The molecule has 1 amide bonds. The van der Waals surface area contributed by atoms with E-state index in [1.807, 2.05) is 4.90 Å². The number of hydrogen-bond acceptors (Lipinski definition) is 6. The molecule has 0 bridgehead atoms. The fourth-order valence-corrected chi connectivity index (χ4v) is 3.86. The Labute approximate surface area is 173 Å². The van der Waals surface area contributed by atoms with Gasteiger partial charge in [-0.1, -0.05) is 5.16 Å². The predicted molar refractivity (Wildman–Crippen MR) is 106 cm³/mol. The fourth-order valence-electron chi connectivity index (χ4n) is 3.86. The maximum absolute atomic E-state index is 13.2. The SMILES string of the molecule is COCCC1(c2noc(-c3ccc(F)cc3)n2)CCN(C(=O)c2ccn(C)n2)CC1. The van der Waals surface area contributed by atoms with Crippen molar-refractivity contribution in [2.24, 2.45) is 7.05 Å². The van der Waals surface area contributed by atoms with Crippen molar-refractivity contribution in [3.05, 3.63) is 53.9 Å². The summed E-state index contributed by atoms with van der Waals surface area (Å²) in [6.07, 6.45) is 3.86. The van der Waals surface area contributed by atoms with Crippen molar-refractivity contribution in [3.63, 3.8) is 0 Å². The molecule has 1 aliphatic rings. The smallest absolute Gasteiger partial charge is 0.274 e. The number of halogens is 1. The monoisotopic (exact) mass is 413 g/mol. The third kappa shape index (κ3) is 3.97. The Morgan fingerprint density at radius 1 is 1.23 bits per heavy atom. The standard InChI is InChI=1S/C21H24FN5O3/c1-26-11-7-17(24-26)19(28)27-12-8-21(9-13-27,10-14-29-2)20-23-18(30-25-20)15-3-5-16(22)6-4-15/h3-7,11H,8-10,12-14H2,1-2H3. The van der Waals surface area contributed by atoms with Gasteiger partial charge < -0.3 is 14.2 Å². The summed E-state index contributed by atoms with van der Waals surface area (Å²) in [4.78, 5) is 19.2. The molecular weight excluding hydrogens is 389 g/mol. The van der Waals surface area contributed by atoms with E-state index in [1.165, 1.54) is 12.1 Å². The van der Waals surface area contributed by atoms with Crippen LogP contribution in [0.4, 0.5) is 4.39 Å². The highest BCUT2D eigenvalue weighted by Crippen LogP contribution is 2.38. The number of rotatable bonds is 6. The number of ether oxygens (including phenoxy) is 1. The van der Waals surface area contributed by atoms with Crippen LogP contribution >= 0.6 is 0 Å². The average molecular weight is 413 g/mol. The molecular formula is C21H24FN5O3. The molecule has 30 heavy (non-hydrogen) atoms. The van der Waals surface area contributed by atoms with Gasteiger partial charge in [0.2, 0.25) is 0 Å². The summed E-state index contributed by atoms with van der Waals surface area (Å²) in [5.74, 6) is 0.564. The summed E-state index contributed by atoms with van der Waals surface area (Å²) in [6, 6.07) is 7.68. The van der Waals surface area contributed by atoms with Crippen LogP contribution in [0.15, 0.2) is 41.1 Å². The highest BCUT2D eigenvalue weighted by molar-refractivity contribution is 5.92. The Bertz CT molecular complexity index is 1010. The summed E-state index contributed by atoms with van der Waals surface area (Å²) in [5, 5.41) is 8.45. The van der Waals surface area contributed by atoms with E-state index in [9.17, 15) is 9.18 Å². The van der Waals surface area contributed by atoms with Crippen LogP contribution in [0.25, 0.3) is 11.5 Å². The molecule has 9 heteroatoms. The highest BCUT2D eigenvalue weighted by Gasteiger charge is 2.41. The van der Waals surface area contributed by atoms with Gasteiger partial charge in [-0.15, -0.1) is 0 Å². The topological polar surface area (TPSA) is 86.3 Å². The Balaban J connectivity index is 1.53. The number of nitrogens with zero attached hydrogens (tertiary/aromatic N) is 5. The lowest BCUT2D eigenvalue weighted by molar-refractivity contribution is 0.0610. The van der Waals surface area contributed by atoms with E-state index in [-0.39, 0.29) is 17.1 Å². The first-order valence-electron chi connectivity index (χ1n) is 9.89. The van der Waals surface area contributed by atoms with Crippen molar-refractivity contribution in [1.29, 1.82) is 0 Å². The minimum Gasteiger partial charge on any atom is -0.385 e. The average Bonchev–Trinajstić information content (AvgIpc) is 3.43. The second-order valence-electron chi connectivity index (χ2n) is 7.62. The van der Waals surface area contributed by atoms with Gasteiger partial charge in [-0.3, -0.25) is 9.48 Å². The van der Waals surface area contributed by atoms with Crippen molar-refractivity contribution >= 4 is 5.91 Å². The third-order valence-corrected chi connectivity index (χ3v) is 5.72. The van der Waals surface area contributed by atoms with Gasteiger partial charge in [-0.05, 0) is 49.6 Å². The Morgan fingerprint density at radius 3 is 2.60 bits per heavy atom. The number of piperidine rings is 1. The van der Waals surface area contributed by atoms with Gasteiger partial charge in [0.25, 0.3) is 11.8 Å². The number of aromatic nitrogens is 4. The number of aryl methyl sites for hydroxylation is 1. The molecule has 158 valence electrons. The second-order valence-corrected chi connectivity index (χ2v) is 7.62. The minimum absolute atomic E-state index is 0.0731. The number of likely N-dealkylation sites (tertiary alicyclic amines) is 1. The molecule has 0 spiro atoms. The molecule has 3 heterocycles. The first kappa shape index (κ1) is 20.2. The summed E-state index contributed by atoms with van der Waals surface area (Å²) in [5.41, 5.74) is 0.762. The van der Waals surface area contributed by atoms with Crippen molar-refractivity contribution in [1.82, 2.24) is 24.8 Å². The maximum atomic E-state index is 13.2. The molecule has 1 fully saturated rings. The van der Waals surface area contributed by atoms with E-state index in [2.05, 4.69) is 15.2 Å². The molecule has 0 aliphatic carbocycles. The molecule has 0 atom stereocenters. The number of amides is 1. The largest absolute Gasteiger partial charge is 0.385 e. The fraction of sp³-hybridized carbons (Fsp3) is 0.429. The van der Waals surface area contributed by atoms with Crippen LogP contribution in [0.1, 0.15) is 35.6 Å². The molecule has 1 aliphatic heterocycles. The van der Waals surface area contributed by atoms with Gasteiger partial charge in [-0.25, -0.2) is 4.39 Å². The van der Waals surface area contributed by atoms with Gasteiger partial charge in [0.15, 0.2) is 5.82 Å². The first-order chi connectivity index (χ1) is 14.5. The van der Waals surface area contributed by atoms with Crippen molar-refractivity contribution < 1.29 is 18.4 Å². The highest BCUT2D eigenvalue weighted by atomic mass is 19.1. The summed E-state index contributed by atoms with van der Waals surface area (Å²) < 4.78 is 25.6. The zero-order chi connectivity index (χ0) is 21.1. The number of methoxy groups -OCH3 is 1. The Kier molecular flexibility index (Phi) is 5.63. The number of carbonyl (C=O) groups excluding carboxylic acids is 1. The van der Waals surface area contributed by atoms with Crippen LogP contribution in [-0.2, 0) is 17.2 Å². The van der Waals surface area contributed by atoms with Gasteiger partial charge in [0.05, 0.1) is 0 Å². The predicted octanol–water partition coefficient (Wildman–Crippen LogP) is 2.82. The second kappa shape index (κ2) is 8.35. The van der Waals surface area contributed by atoms with Crippen molar-refractivity contribution in [2.45, 2.75) is 24.7 Å². The molecule has 3 aromatic rings. The van der Waals surface area contributed by atoms with E-state index >= 15 is 0 Å². The summed E-state index contributed by atoms with van der Waals surface area (Å²) in [7, 11) is 3.45. The van der Waals surface area contributed by atoms with Crippen LogP contribution in [-0.4, -0.2) is 57.5 Å². The zero-order valence-corrected chi connectivity index (χ0v) is 17.0. The Hall–Kier alpha value is -3.07. The van der Waals surface area contributed by atoms with Gasteiger partial charge in [0.1, 0.15) is 11.5 Å². The molecule has 1 aromatic carbocycles. The van der Waals surface area contributed by atoms with Gasteiger partial charge in [-0.2, -0.15) is 10.1 Å². The van der Waals surface area contributed by atoms with Crippen molar-refractivity contribution in [3.8, 4) is 11.5 Å². The normalized spacial score (nSPS) is 16.0. The minimum atomic E-state index is -0.349. The molecule has 0 N–H and O–H groups in total. The molecule has 0 radical (unpaired) electrons. The lowest BCUT2D eigenvalue weighted by Gasteiger charge is -2.39. The van der Waals surface area contributed by atoms with Gasteiger partial charge >= 0.3 is 0 Å². The molecule has 8 nitrogen and oxygen atoms in total. The Morgan fingerprint density at radius 2 is 1.97 bits per heavy atom.